The largest absolute Gasteiger partial charge is 0.338 e. The summed E-state index contributed by atoms with van der Waals surface area (Å²) >= 11 is 1.64. The lowest BCUT2D eigenvalue weighted by Gasteiger charge is -2.44. The Hall–Kier alpha value is -2.42. The van der Waals surface area contributed by atoms with Gasteiger partial charge in [0.2, 0.25) is 5.91 Å². The Kier molecular flexibility index (Phi) is 3.34. The van der Waals surface area contributed by atoms with Crippen LogP contribution in [0.15, 0.2) is 30.3 Å². The number of thioether (sulfide) groups is 1. The van der Waals surface area contributed by atoms with E-state index in [1.54, 1.807) is 40.9 Å². The summed E-state index contributed by atoms with van der Waals surface area (Å²) < 4.78 is -0.267. The van der Waals surface area contributed by atoms with E-state index in [1.165, 1.54) is 0 Å². The van der Waals surface area contributed by atoms with Crippen LogP contribution in [-0.2, 0) is 4.79 Å². The van der Waals surface area contributed by atoms with Crippen LogP contribution in [0.25, 0.3) is 0 Å². The first-order valence-electron chi connectivity index (χ1n) is 7.58. The predicted molar refractivity (Wildman–Crippen MR) is 86.9 cm³/mol. The summed E-state index contributed by atoms with van der Waals surface area (Å²) in [6.45, 7) is 4.08. The Morgan fingerprint density at radius 3 is 2.75 bits per heavy atom. The molecule has 0 bridgehead atoms. The summed E-state index contributed by atoms with van der Waals surface area (Å²) in [7, 11) is 0. The number of rotatable bonds is 3. The first-order valence-corrected chi connectivity index (χ1v) is 8.46. The Morgan fingerprint density at radius 2 is 2.08 bits per heavy atom. The lowest BCUT2D eigenvalue weighted by Crippen LogP contribution is -2.67. The van der Waals surface area contributed by atoms with Crippen molar-refractivity contribution in [3.05, 3.63) is 41.7 Å². The standard InChI is InChI=1S/C15H16N6O2S/c1-15(2)10(11-17-19-20-18-11)21-13(23)9(14(21)24-15)16-12(22)8-6-4-3-5-7-8/h3-7,9-10,14H,1-2H3,(H,16,22)(H,17,18,19,20). The zero-order chi connectivity index (χ0) is 16.9. The topological polar surface area (TPSA) is 104 Å². The molecule has 2 amide bonds. The van der Waals surface area contributed by atoms with Gasteiger partial charge in [-0.2, -0.15) is 5.21 Å². The number of tetrazole rings is 1. The molecule has 3 heterocycles. The van der Waals surface area contributed by atoms with Crippen LogP contribution in [0.4, 0.5) is 0 Å². The monoisotopic (exact) mass is 344 g/mol. The highest BCUT2D eigenvalue weighted by atomic mass is 32.2. The molecule has 4 rings (SSSR count). The van der Waals surface area contributed by atoms with Crippen LogP contribution in [0.2, 0.25) is 0 Å². The van der Waals surface area contributed by atoms with Crippen molar-refractivity contribution in [1.29, 1.82) is 0 Å². The molecule has 1 aromatic heterocycles. The van der Waals surface area contributed by atoms with E-state index in [0.29, 0.717) is 11.4 Å². The molecule has 2 fully saturated rings. The molecular formula is C15H16N6O2S. The molecule has 2 aliphatic rings. The second-order valence-corrected chi connectivity index (χ2v) is 8.12. The lowest BCUT2D eigenvalue weighted by molar-refractivity contribution is -0.148. The Morgan fingerprint density at radius 1 is 1.33 bits per heavy atom. The van der Waals surface area contributed by atoms with E-state index in [9.17, 15) is 9.59 Å². The summed E-state index contributed by atoms with van der Waals surface area (Å²) in [6, 6.07) is 8.10. The minimum atomic E-state index is -0.529. The second-order valence-electron chi connectivity index (χ2n) is 6.35. The molecule has 2 N–H and O–H groups in total. The third-order valence-corrected chi connectivity index (χ3v) is 5.94. The van der Waals surface area contributed by atoms with E-state index in [-0.39, 0.29) is 28.0 Å². The molecule has 9 heteroatoms. The molecule has 0 radical (unpaired) electrons. The molecule has 2 saturated heterocycles. The second kappa shape index (κ2) is 5.30. The number of benzene rings is 1. The lowest BCUT2D eigenvalue weighted by atomic mass is 9.95. The average molecular weight is 344 g/mol. The van der Waals surface area contributed by atoms with Gasteiger partial charge in [-0.1, -0.05) is 23.4 Å². The smallest absolute Gasteiger partial charge is 0.252 e. The fourth-order valence-electron chi connectivity index (χ4n) is 3.26. The maximum atomic E-state index is 12.6. The van der Waals surface area contributed by atoms with Gasteiger partial charge in [-0.15, -0.1) is 22.0 Å². The fourth-order valence-corrected chi connectivity index (χ4v) is 4.89. The number of amides is 2. The van der Waals surface area contributed by atoms with Gasteiger partial charge in [-0.3, -0.25) is 9.59 Å². The maximum absolute atomic E-state index is 12.6. The fraction of sp³-hybridized carbons (Fsp3) is 0.400. The van der Waals surface area contributed by atoms with E-state index in [0.717, 1.165) is 0 Å². The Bertz CT molecular complexity index is 779. The van der Waals surface area contributed by atoms with Crippen molar-refractivity contribution in [2.45, 2.75) is 36.1 Å². The van der Waals surface area contributed by atoms with Crippen LogP contribution in [0.3, 0.4) is 0 Å². The van der Waals surface area contributed by atoms with Gasteiger partial charge in [0.25, 0.3) is 5.91 Å². The van der Waals surface area contributed by atoms with Crippen molar-refractivity contribution in [2.75, 3.05) is 0 Å². The molecule has 0 aliphatic carbocycles. The van der Waals surface area contributed by atoms with Gasteiger partial charge in [0.1, 0.15) is 17.5 Å². The zero-order valence-corrected chi connectivity index (χ0v) is 13.9. The van der Waals surface area contributed by atoms with Gasteiger partial charge in [-0.05, 0) is 26.0 Å². The van der Waals surface area contributed by atoms with Gasteiger partial charge < -0.3 is 10.2 Å². The number of aromatic amines is 1. The molecule has 2 aliphatic heterocycles. The van der Waals surface area contributed by atoms with Crippen LogP contribution in [-0.4, -0.2) is 53.5 Å². The summed E-state index contributed by atoms with van der Waals surface area (Å²) in [4.78, 5) is 26.7. The van der Waals surface area contributed by atoms with E-state index in [2.05, 4.69) is 25.9 Å². The highest BCUT2D eigenvalue weighted by Gasteiger charge is 2.63. The van der Waals surface area contributed by atoms with Crippen molar-refractivity contribution < 1.29 is 9.59 Å². The summed E-state index contributed by atoms with van der Waals surface area (Å²) in [5.74, 6) is 0.142. The minimum absolute atomic E-state index is 0.114. The van der Waals surface area contributed by atoms with Crippen molar-refractivity contribution in [2.24, 2.45) is 0 Å². The highest BCUT2D eigenvalue weighted by Crippen LogP contribution is 2.56. The normalized spacial score (nSPS) is 27.5. The molecular weight excluding hydrogens is 328 g/mol. The van der Waals surface area contributed by atoms with E-state index in [1.807, 2.05) is 19.9 Å². The number of H-pyrrole nitrogens is 1. The quantitative estimate of drug-likeness (QED) is 0.796. The SMILES string of the molecule is CC1(C)SC2C(NC(=O)c3ccccc3)C(=O)N2C1c1nn[nH]n1. The number of fused-ring (bicyclic) bond motifs is 1. The molecule has 0 saturated carbocycles. The molecule has 0 spiro atoms. The Balaban J connectivity index is 1.54. The molecule has 124 valence electrons. The molecule has 24 heavy (non-hydrogen) atoms. The molecule has 1 aromatic carbocycles. The summed E-state index contributed by atoms with van der Waals surface area (Å²) in [5.41, 5.74) is 0.542. The number of β-lactam (4-membered cyclic amide) rings is 1. The van der Waals surface area contributed by atoms with E-state index >= 15 is 0 Å². The zero-order valence-electron chi connectivity index (χ0n) is 13.1. The third kappa shape index (κ3) is 2.19. The summed E-state index contributed by atoms with van der Waals surface area (Å²) in [5, 5.41) is 16.8. The average Bonchev–Trinajstić information content (AvgIpc) is 3.17. The first-order chi connectivity index (χ1) is 11.5. The minimum Gasteiger partial charge on any atom is -0.338 e. The van der Waals surface area contributed by atoms with E-state index < -0.39 is 6.04 Å². The van der Waals surface area contributed by atoms with Crippen LogP contribution < -0.4 is 5.32 Å². The van der Waals surface area contributed by atoms with Crippen LogP contribution in [0.5, 0.6) is 0 Å². The number of hydrogen-bond acceptors (Lipinski definition) is 6. The number of nitrogens with one attached hydrogen (secondary N) is 2. The van der Waals surface area contributed by atoms with Crippen molar-refractivity contribution in [3.8, 4) is 0 Å². The van der Waals surface area contributed by atoms with Gasteiger partial charge in [0.05, 0.1) is 0 Å². The summed E-state index contributed by atoms with van der Waals surface area (Å²) in [6.07, 6.45) is 0. The van der Waals surface area contributed by atoms with Gasteiger partial charge in [-0.25, -0.2) is 0 Å². The number of carbonyl (C=O) groups excluding carboxylic acids is 2. The number of nitrogens with zero attached hydrogens (tertiary/aromatic N) is 4. The number of carbonyl (C=O) groups is 2. The highest BCUT2D eigenvalue weighted by molar-refractivity contribution is 8.01. The van der Waals surface area contributed by atoms with Crippen LogP contribution in [0.1, 0.15) is 36.1 Å². The molecule has 3 atom stereocenters. The van der Waals surface area contributed by atoms with Gasteiger partial charge in [0.15, 0.2) is 5.82 Å². The van der Waals surface area contributed by atoms with E-state index in [4.69, 9.17) is 0 Å². The van der Waals surface area contributed by atoms with Crippen LogP contribution >= 0.6 is 11.8 Å². The number of aromatic nitrogens is 4. The van der Waals surface area contributed by atoms with Crippen molar-refractivity contribution >= 4 is 23.6 Å². The first kappa shape index (κ1) is 15.1. The Labute approximate surface area is 142 Å². The maximum Gasteiger partial charge on any atom is 0.252 e. The number of hydrogen-bond donors (Lipinski definition) is 2. The van der Waals surface area contributed by atoms with Gasteiger partial charge >= 0.3 is 0 Å². The molecule has 3 unspecified atom stereocenters. The van der Waals surface area contributed by atoms with Gasteiger partial charge in [0, 0.05) is 10.3 Å². The molecule has 2 aromatic rings. The van der Waals surface area contributed by atoms with Crippen molar-refractivity contribution in [3.63, 3.8) is 0 Å². The predicted octanol–water partition coefficient (Wildman–Crippen LogP) is 0.733. The molecule has 8 nitrogen and oxygen atoms in total. The van der Waals surface area contributed by atoms with Crippen molar-refractivity contribution in [1.82, 2.24) is 30.8 Å². The van der Waals surface area contributed by atoms with Crippen LogP contribution in [0, 0.1) is 0 Å². The third-order valence-electron chi connectivity index (χ3n) is 4.37.